The molecular formula is C9H15FN4. The van der Waals surface area contributed by atoms with Crippen LogP contribution in [0.3, 0.4) is 0 Å². The van der Waals surface area contributed by atoms with Crippen molar-refractivity contribution in [1.29, 1.82) is 0 Å². The molecular weight excluding hydrogens is 183 g/mol. The zero-order valence-electron chi connectivity index (χ0n) is 8.42. The van der Waals surface area contributed by atoms with Crippen LogP contribution in [0.1, 0.15) is 25.5 Å². The van der Waals surface area contributed by atoms with Gasteiger partial charge in [-0.2, -0.15) is 0 Å². The summed E-state index contributed by atoms with van der Waals surface area (Å²) in [6.45, 7) is 4.72. The fourth-order valence-electron chi connectivity index (χ4n) is 1.10. The Balaban J connectivity index is 2.89. The molecule has 0 bridgehead atoms. The van der Waals surface area contributed by atoms with Gasteiger partial charge >= 0.3 is 0 Å². The van der Waals surface area contributed by atoms with E-state index in [4.69, 9.17) is 5.73 Å². The van der Waals surface area contributed by atoms with Crippen molar-refractivity contribution in [3.8, 4) is 0 Å². The molecule has 1 heterocycles. The van der Waals surface area contributed by atoms with E-state index in [2.05, 4.69) is 15.3 Å². The molecule has 1 aromatic rings. The maximum atomic E-state index is 13.6. The Morgan fingerprint density at radius 1 is 1.50 bits per heavy atom. The van der Waals surface area contributed by atoms with Crippen molar-refractivity contribution in [3.63, 3.8) is 0 Å². The third-order valence-electron chi connectivity index (χ3n) is 1.80. The average Bonchev–Trinajstić information content (AvgIpc) is 2.16. The van der Waals surface area contributed by atoms with E-state index in [0.29, 0.717) is 18.8 Å². The number of aromatic nitrogens is 2. The maximum absolute atomic E-state index is 13.6. The molecule has 0 atom stereocenters. The standard InChI is InChI=1S/C9H15FN4/c1-6(2)8-7(10)9(12-4-3-11)14-5-13-8/h5-6H,3-4,11H2,1-2H3,(H,12,13,14). The van der Waals surface area contributed by atoms with Crippen LogP contribution in [-0.4, -0.2) is 23.1 Å². The van der Waals surface area contributed by atoms with Gasteiger partial charge in [-0.3, -0.25) is 0 Å². The lowest BCUT2D eigenvalue weighted by Gasteiger charge is -2.09. The summed E-state index contributed by atoms with van der Waals surface area (Å²) >= 11 is 0. The largest absolute Gasteiger partial charge is 0.366 e. The minimum Gasteiger partial charge on any atom is -0.366 e. The Hall–Kier alpha value is -1.23. The molecule has 0 saturated carbocycles. The summed E-state index contributed by atoms with van der Waals surface area (Å²) in [5, 5.41) is 2.81. The van der Waals surface area contributed by atoms with Crippen molar-refractivity contribution in [2.75, 3.05) is 18.4 Å². The molecule has 5 heteroatoms. The van der Waals surface area contributed by atoms with Gasteiger partial charge in [0.05, 0.1) is 5.69 Å². The molecule has 0 spiro atoms. The second-order valence-corrected chi connectivity index (χ2v) is 3.29. The highest BCUT2D eigenvalue weighted by molar-refractivity contribution is 5.37. The summed E-state index contributed by atoms with van der Waals surface area (Å²) < 4.78 is 13.6. The smallest absolute Gasteiger partial charge is 0.187 e. The summed E-state index contributed by atoms with van der Waals surface area (Å²) in [5.41, 5.74) is 5.73. The lowest BCUT2D eigenvalue weighted by atomic mass is 10.1. The van der Waals surface area contributed by atoms with E-state index in [9.17, 15) is 4.39 Å². The van der Waals surface area contributed by atoms with E-state index in [1.807, 2.05) is 13.8 Å². The highest BCUT2D eigenvalue weighted by Gasteiger charge is 2.12. The lowest BCUT2D eigenvalue weighted by molar-refractivity contribution is 0.580. The van der Waals surface area contributed by atoms with Crippen LogP contribution in [0.5, 0.6) is 0 Å². The van der Waals surface area contributed by atoms with Crippen LogP contribution < -0.4 is 11.1 Å². The number of hydrogen-bond acceptors (Lipinski definition) is 4. The molecule has 0 fully saturated rings. The van der Waals surface area contributed by atoms with Crippen LogP contribution in [0, 0.1) is 5.82 Å². The molecule has 3 N–H and O–H groups in total. The minimum atomic E-state index is -0.379. The number of nitrogens with one attached hydrogen (secondary N) is 1. The molecule has 0 unspecified atom stereocenters. The normalized spacial score (nSPS) is 10.6. The molecule has 1 aromatic heterocycles. The number of rotatable bonds is 4. The molecule has 1 rings (SSSR count). The summed E-state index contributed by atoms with van der Waals surface area (Å²) in [7, 11) is 0. The Morgan fingerprint density at radius 2 is 2.21 bits per heavy atom. The topological polar surface area (TPSA) is 63.8 Å². The van der Waals surface area contributed by atoms with E-state index in [1.165, 1.54) is 6.33 Å². The first-order chi connectivity index (χ1) is 6.66. The lowest BCUT2D eigenvalue weighted by Crippen LogP contribution is -2.16. The molecule has 0 radical (unpaired) electrons. The van der Waals surface area contributed by atoms with Gasteiger partial charge in [0.2, 0.25) is 0 Å². The Labute approximate surface area is 82.8 Å². The third kappa shape index (κ3) is 2.38. The predicted molar refractivity (Wildman–Crippen MR) is 53.6 cm³/mol. The molecule has 78 valence electrons. The van der Waals surface area contributed by atoms with Gasteiger partial charge in [-0.15, -0.1) is 0 Å². The number of halogens is 1. The van der Waals surface area contributed by atoms with Crippen molar-refractivity contribution in [2.24, 2.45) is 5.73 Å². The number of nitrogens with two attached hydrogens (primary N) is 1. The van der Waals surface area contributed by atoms with Crippen molar-refractivity contribution in [3.05, 3.63) is 17.8 Å². The van der Waals surface area contributed by atoms with Crippen molar-refractivity contribution >= 4 is 5.82 Å². The summed E-state index contributed by atoms with van der Waals surface area (Å²) in [6, 6.07) is 0. The molecule has 0 saturated heterocycles. The van der Waals surface area contributed by atoms with E-state index in [0.717, 1.165) is 0 Å². The van der Waals surface area contributed by atoms with E-state index >= 15 is 0 Å². The Bertz CT molecular complexity index is 301. The average molecular weight is 198 g/mol. The first kappa shape index (κ1) is 10.8. The highest BCUT2D eigenvalue weighted by Crippen LogP contribution is 2.19. The van der Waals surface area contributed by atoms with Crippen LogP contribution in [-0.2, 0) is 0 Å². The molecule has 0 aliphatic carbocycles. The van der Waals surface area contributed by atoms with Crippen molar-refractivity contribution in [1.82, 2.24) is 9.97 Å². The molecule has 0 aliphatic rings. The second-order valence-electron chi connectivity index (χ2n) is 3.29. The molecule has 4 nitrogen and oxygen atoms in total. The monoisotopic (exact) mass is 198 g/mol. The number of anilines is 1. The van der Waals surface area contributed by atoms with E-state index in [-0.39, 0.29) is 17.6 Å². The number of hydrogen-bond donors (Lipinski definition) is 2. The Kier molecular flexibility index (Phi) is 3.76. The van der Waals surface area contributed by atoms with Crippen LogP contribution in [0.2, 0.25) is 0 Å². The van der Waals surface area contributed by atoms with Gasteiger partial charge in [0, 0.05) is 13.1 Å². The Morgan fingerprint density at radius 3 is 2.79 bits per heavy atom. The van der Waals surface area contributed by atoms with Gasteiger partial charge in [-0.25, -0.2) is 14.4 Å². The van der Waals surface area contributed by atoms with Crippen LogP contribution in [0.15, 0.2) is 6.33 Å². The SMILES string of the molecule is CC(C)c1ncnc(NCCN)c1F. The molecule has 0 aromatic carbocycles. The molecule has 0 amide bonds. The summed E-state index contributed by atoms with van der Waals surface area (Å²) in [5.74, 6) is -0.0958. The molecule has 14 heavy (non-hydrogen) atoms. The van der Waals surface area contributed by atoms with Crippen LogP contribution in [0.25, 0.3) is 0 Å². The van der Waals surface area contributed by atoms with Crippen molar-refractivity contribution in [2.45, 2.75) is 19.8 Å². The predicted octanol–water partition coefficient (Wildman–Crippen LogP) is 1.11. The number of nitrogens with zero attached hydrogens (tertiary/aromatic N) is 2. The fraction of sp³-hybridized carbons (Fsp3) is 0.556. The first-order valence-corrected chi connectivity index (χ1v) is 4.61. The van der Waals surface area contributed by atoms with Gasteiger partial charge in [0.1, 0.15) is 6.33 Å². The van der Waals surface area contributed by atoms with Crippen LogP contribution >= 0.6 is 0 Å². The van der Waals surface area contributed by atoms with E-state index in [1.54, 1.807) is 0 Å². The second kappa shape index (κ2) is 4.85. The van der Waals surface area contributed by atoms with Gasteiger partial charge < -0.3 is 11.1 Å². The summed E-state index contributed by atoms with van der Waals surface area (Å²) in [6.07, 6.45) is 1.36. The minimum absolute atomic E-state index is 0.0522. The maximum Gasteiger partial charge on any atom is 0.187 e. The zero-order chi connectivity index (χ0) is 10.6. The van der Waals surface area contributed by atoms with Crippen molar-refractivity contribution < 1.29 is 4.39 Å². The first-order valence-electron chi connectivity index (χ1n) is 4.61. The third-order valence-corrected chi connectivity index (χ3v) is 1.80. The highest BCUT2D eigenvalue weighted by atomic mass is 19.1. The quantitative estimate of drug-likeness (QED) is 0.760. The molecule has 0 aliphatic heterocycles. The van der Waals surface area contributed by atoms with Gasteiger partial charge in [-0.05, 0) is 5.92 Å². The van der Waals surface area contributed by atoms with E-state index < -0.39 is 0 Å². The zero-order valence-corrected chi connectivity index (χ0v) is 8.42. The summed E-state index contributed by atoms with van der Waals surface area (Å²) in [4.78, 5) is 7.70. The van der Waals surface area contributed by atoms with Gasteiger partial charge in [-0.1, -0.05) is 13.8 Å². The van der Waals surface area contributed by atoms with Crippen LogP contribution in [0.4, 0.5) is 10.2 Å². The van der Waals surface area contributed by atoms with Gasteiger partial charge in [0.25, 0.3) is 0 Å². The van der Waals surface area contributed by atoms with Gasteiger partial charge in [0.15, 0.2) is 11.6 Å². The fourth-order valence-corrected chi connectivity index (χ4v) is 1.10.